The van der Waals surface area contributed by atoms with E-state index in [1.54, 1.807) is 0 Å². The van der Waals surface area contributed by atoms with Gasteiger partial charge in [0.2, 0.25) is 0 Å². The van der Waals surface area contributed by atoms with Crippen LogP contribution in [0.15, 0.2) is 35.9 Å². The van der Waals surface area contributed by atoms with Crippen LogP contribution < -0.4 is 4.74 Å². The molecule has 0 unspecified atom stereocenters. The van der Waals surface area contributed by atoms with Crippen molar-refractivity contribution < 1.29 is 14.3 Å². The highest BCUT2D eigenvalue weighted by Crippen LogP contribution is 2.50. The zero-order valence-electron chi connectivity index (χ0n) is 14.4. The molecule has 2 bridgehead atoms. The standard InChI is InChI=1S/C20H26O3/c1-5-18(21)23-17-9-7-6-8-15(17)20-19-13(3)10-12(2)16(11-22-20)14(19)4/h6-10,12,14,16,19-20H,5,11H2,1-4H3/t12-,14+,16-,19+,20-/m0/s1. The molecule has 1 aromatic rings. The Hall–Kier alpha value is -1.61. The fourth-order valence-electron chi connectivity index (χ4n) is 4.23. The number of allylic oxidation sites excluding steroid dienone is 1. The molecule has 0 aromatic heterocycles. The maximum Gasteiger partial charge on any atom is 0.310 e. The average Bonchev–Trinajstić information content (AvgIpc) is 2.53. The van der Waals surface area contributed by atoms with Crippen molar-refractivity contribution in [3.63, 3.8) is 0 Å². The molecule has 1 aromatic carbocycles. The second kappa shape index (κ2) is 6.48. The van der Waals surface area contributed by atoms with Gasteiger partial charge in [0.15, 0.2) is 0 Å². The van der Waals surface area contributed by atoms with Crippen LogP contribution in [0.4, 0.5) is 0 Å². The Morgan fingerprint density at radius 3 is 2.78 bits per heavy atom. The van der Waals surface area contributed by atoms with Gasteiger partial charge in [-0.05, 0) is 30.7 Å². The van der Waals surface area contributed by atoms with Crippen LogP contribution in [-0.4, -0.2) is 12.6 Å². The molecule has 0 amide bonds. The van der Waals surface area contributed by atoms with Crippen LogP contribution in [0.1, 0.15) is 45.8 Å². The molecule has 1 heterocycles. The first-order valence-electron chi connectivity index (χ1n) is 8.62. The third-order valence-electron chi connectivity index (χ3n) is 5.50. The number of rotatable bonds is 3. The van der Waals surface area contributed by atoms with Gasteiger partial charge in [-0.3, -0.25) is 4.79 Å². The number of carbonyl (C=O) groups is 1. The fraction of sp³-hybridized carbons (Fsp3) is 0.550. The zero-order valence-corrected chi connectivity index (χ0v) is 14.4. The largest absolute Gasteiger partial charge is 0.426 e. The molecule has 2 aliphatic rings. The first kappa shape index (κ1) is 16.3. The van der Waals surface area contributed by atoms with Gasteiger partial charge < -0.3 is 9.47 Å². The Morgan fingerprint density at radius 1 is 1.30 bits per heavy atom. The molecule has 1 aliphatic heterocycles. The highest BCUT2D eigenvalue weighted by Gasteiger charge is 2.44. The summed E-state index contributed by atoms with van der Waals surface area (Å²) in [4.78, 5) is 11.7. The van der Waals surface area contributed by atoms with E-state index in [0.717, 1.165) is 12.2 Å². The molecule has 23 heavy (non-hydrogen) atoms. The van der Waals surface area contributed by atoms with E-state index in [-0.39, 0.29) is 12.1 Å². The lowest BCUT2D eigenvalue weighted by Crippen LogP contribution is -2.42. The van der Waals surface area contributed by atoms with Crippen molar-refractivity contribution >= 4 is 5.97 Å². The quantitative estimate of drug-likeness (QED) is 0.467. The Morgan fingerprint density at radius 2 is 2.04 bits per heavy atom. The van der Waals surface area contributed by atoms with E-state index in [1.807, 2.05) is 31.2 Å². The predicted octanol–water partition coefficient (Wildman–Crippen LogP) is 4.54. The summed E-state index contributed by atoms with van der Waals surface area (Å²) in [6, 6.07) is 7.79. The van der Waals surface area contributed by atoms with Crippen LogP contribution in [-0.2, 0) is 9.53 Å². The molecule has 0 N–H and O–H groups in total. The number of fused-ring (bicyclic) bond motifs is 2. The number of benzene rings is 1. The van der Waals surface area contributed by atoms with Gasteiger partial charge in [0.1, 0.15) is 5.75 Å². The van der Waals surface area contributed by atoms with Crippen molar-refractivity contribution in [3.8, 4) is 5.75 Å². The summed E-state index contributed by atoms with van der Waals surface area (Å²) in [5, 5.41) is 0. The molecule has 3 nitrogen and oxygen atoms in total. The molecular weight excluding hydrogens is 288 g/mol. The molecule has 1 saturated heterocycles. The molecule has 3 rings (SSSR count). The van der Waals surface area contributed by atoms with Gasteiger partial charge in [-0.1, -0.05) is 50.6 Å². The SMILES string of the molecule is CCC(=O)Oc1ccccc1[C@@H]1OC[C@@H]2[C@@H](C)[C@H]1C(C)=C[C@@H]2C. The van der Waals surface area contributed by atoms with Gasteiger partial charge in [-0.2, -0.15) is 0 Å². The summed E-state index contributed by atoms with van der Waals surface area (Å²) in [6.45, 7) is 9.39. The van der Waals surface area contributed by atoms with Crippen molar-refractivity contribution in [1.29, 1.82) is 0 Å². The van der Waals surface area contributed by atoms with Gasteiger partial charge in [-0.25, -0.2) is 0 Å². The summed E-state index contributed by atoms with van der Waals surface area (Å²) >= 11 is 0. The lowest BCUT2D eigenvalue weighted by molar-refractivity contribution is -0.134. The number of hydrogen-bond acceptors (Lipinski definition) is 3. The smallest absolute Gasteiger partial charge is 0.310 e. The van der Waals surface area contributed by atoms with Crippen molar-refractivity contribution in [2.24, 2.45) is 23.7 Å². The molecule has 5 atom stereocenters. The first-order chi connectivity index (χ1) is 11.0. The van der Waals surface area contributed by atoms with Crippen molar-refractivity contribution in [2.75, 3.05) is 6.61 Å². The van der Waals surface area contributed by atoms with E-state index in [1.165, 1.54) is 5.57 Å². The van der Waals surface area contributed by atoms with Crippen molar-refractivity contribution in [1.82, 2.24) is 0 Å². The van der Waals surface area contributed by atoms with Crippen molar-refractivity contribution in [3.05, 3.63) is 41.5 Å². The third-order valence-corrected chi connectivity index (χ3v) is 5.50. The Kier molecular flexibility index (Phi) is 4.58. The maximum atomic E-state index is 11.7. The number of carbonyl (C=O) groups excluding carboxylic acids is 1. The Labute approximate surface area is 138 Å². The summed E-state index contributed by atoms with van der Waals surface area (Å²) in [7, 11) is 0. The molecule has 1 aliphatic carbocycles. The minimum Gasteiger partial charge on any atom is -0.426 e. The number of ether oxygens (including phenoxy) is 2. The monoisotopic (exact) mass is 314 g/mol. The molecule has 0 saturated carbocycles. The maximum absolute atomic E-state index is 11.7. The molecule has 1 fully saturated rings. The number of hydrogen-bond donors (Lipinski definition) is 0. The highest BCUT2D eigenvalue weighted by atomic mass is 16.5. The van der Waals surface area contributed by atoms with E-state index in [0.29, 0.717) is 35.8 Å². The molecule has 0 spiro atoms. The van der Waals surface area contributed by atoms with Gasteiger partial charge in [0.05, 0.1) is 12.7 Å². The normalized spacial score (nSPS) is 33.0. The predicted molar refractivity (Wildman–Crippen MR) is 90.1 cm³/mol. The number of esters is 1. The van der Waals surface area contributed by atoms with E-state index in [9.17, 15) is 4.79 Å². The fourth-order valence-corrected chi connectivity index (χ4v) is 4.23. The average molecular weight is 314 g/mol. The summed E-state index contributed by atoms with van der Waals surface area (Å²) in [5.41, 5.74) is 2.38. The summed E-state index contributed by atoms with van der Waals surface area (Å²) < 4.78 is 11.8. The van der Waals surface area contributed by atoms with Crippen LogP contribution >= 0.6 is 0 Å². The van der Waals surface area contributed by atoms with Gasteiger partial charge in [0, 0.05) is 17.9 Å². The third kappa shape index (κ3) is 2.94. The highest BCUT2D eigenvalue weighted by molar-refractivity contribution is 5.72. The lowest BCUT2D eigenvalue weighted by atomic mass is 9.64. The zero-order chi connectivity index (χ0) is 16.6. The summed E-state index contributed by atoms with van der Waals surface area (Å²) in [6.07, 6.45) is 2.73. The van der Waals surface area contributed by atoms with Crippen LogP contribution in [0.2, 0.25) is 0 Å². The number of para-hydroxylation sites is 1. The van der Waals surface area contributed by atoms with E-state index >= 15 is 0 Å². The van der Waals surface area contributed by atoms with Gasteiger partial charge in [-0.15, -0.1) is 0 Å². The molecule has 124 valence electrons. The first-order valence-corrected chi connectivity index (χ1v) is 8.62. The van der Waals surface area contributed by atoms with Crippen LogP contribution in [0.3, 0.4) is 0 Å². The van der Waals surface area contributed by atoms with Gasteiger partial charge in [0.25, 0.3) is 0 Å². The van der Waals surface area contributed by atoms with E-state index in [4.69, 9.17) is 9.47 Å². The molecular formula is C20H26O3. The topological polar surface area (TPSA) is 35.5 Å². The van der Waals surface area contributed by atoms with Crippen LogP contribution in [0.5, 0.6) is 5.75 Å². The lowest BCUT2D eigenvalue weighted by Gasteiger charge is -2.47. The van der Waals surface area contributed by atoms with E-state index < -0.39 is 0 Å². The molecule has 0 radical (unpaired) electrons. The second-order valence-electron chi connectivity index (χ2n) is 6.94. The van der Waals surface area contributed by atoms with Crippen LogP contribution in [0, 0.1) is 23.7 Å². The minimum absolute atomic E-state index is 0.0362. The summed E-state index contributed by atoms with van der Waals surface area (Å²) in [5.74, 6) is 2.50. The van der Waals surface area contributed by atoms with Crippen LogP contribution in [0.25, 0.3) is 0 Å². The molecule has 3 heteroatoms. The van der Waals surface area contributed by atoms with E-state index in [2.05, 4.69) is 26.8 Å². The minimum atomic E-state index is -0.205. The van der Waals surface area contributed by atoms with Crippen molar-refractivity contribution in [2.45, 2.75) is 40.2 Å². The second-order valence-corrected chi connectivity index (χ2v) is 6.94. The Bertz CT molecular complexity index is 619. The van der Waals surface area contributed by atoms with Gasteiger partial charge >= 0.3 is 5.97 Å². The Balaban J connectivity index is 1.96.